The molecule has 0 radical (unpaired) electrons. The average molecular weight is 496 g/mol. The predicted octanol–water partition coefficient (Wildman–Crippen LogP) is -1.19. The van der Waals surface area contributed by atoms with Gasteiger partial charge in [-0.3, -0.25) is 14.2 Å². The standard InChI is InChI=1S/C22H24N8O6/c1-24-20(33)17-15(31)16(32)22(35-17)30-10-25-14-18(23)27-13(28-19(14)30)6-3-9-29(11-4-2-5-11)21(34)12-7-8-26-36-12/h7-8,10-11,15-17,22,31-32H,2,4-5,9H2,1H3,(H,24,33)(H2,23,27,28)/t15-,16+,17?,22?/m0/s1. The number of ether oxygens (including phenoxy) is 1. The van der Waals surface area contributed by atoms with E-state index in [9.17, 15) is 19.8 Å². The van der Waals surface area contributed by atoms with E-state index in [0.29, 0.717) is 0 Å². The van der Waals surface area contributed by atoms with Gasteiger partial charge in [-0.2, -0.15) is 0 Å². The van der Waals surface area contributed by atoms with Gasteiger partial charge in [0.05, 0.1) is 19.1 Å². The Morgan fingerprint density at radius 2 is 2.11 bits per heavy atom. The lowest BCUT2D eigenvalue weighted by molar-refractivity contribution is -0.137. The molecule has 14 nitrogen and oxygen atoms in total. The summed E-state index contributed by atoms with van der Waals surface area (Å²) in [6.07, 6.45) is 0.233. The number of aliphatic hydroxyl groups is 2. The molecule has 0 spiro atoms. The molecule has 5 rings (SSSR count). The van der Waals surface area contributed by atoms with Crippen LogP contribution in [0.25, 0.3) is 11.2 Å². The van der Waals surface area contributed by atoms with E-state index in [-0.39, 0.29) is 47.1 Å². The molecule has 14 heteroatoms. The summed E-state index contributed by atoms with van der Waals surface area (Å²) in [5.74, 6) is 5.13. The van der Waals surface area contributed by atoms with Gasteiger partial charge in [0.25, 0.3) is 11.8 Å². The number of anilines is 1. The second-order valence-corrected chi connectivity index (χ2v) is 8.50. The quantitative estimate of drug-likeness (QED) is 0.310. The minimum atomic E-state index is -1.45. The number of imidazole rings is 1. The summed E-state index contributed by atoms with van der Waals surface area (Å²) in [5, 5.41) is 26.7. The molecule has 188 valence electrons. The van der Waals surface area contributed by atoms with Gasteiger partial charge in [-0.25, -0.2) is 15.0 Å². The molecular weight excluding hydrogens is 472 g/mol. The van der Waals surface area contributed by atoms with Crippen molar-refractivity contribution in [2.24, 2.45) is 0 Å². The molecular formula is C22H24N8O6. The molecule has 36 heavy (non-hydrogen) atoms. The monoisotopic (exact) mass is 496 g/mol. The summed E-state index contributed by atoms with van der Waals surface area (Å²) in [6.45, 7) is 0.120. The Balaban J connectivity index is 1.41. The van der Waals surface area contributed by atoms with Crippen molar-refractivity contribution in [1.82, 2.24) is 34.9 Å². The van der Waals surface area contributed by atoms with Crippen molar-refractivity contribution >= 4 is 28.8 Å². The lowest BCUT2D eigenvalue weighted by Crippen LogP contribution is -2.44. The van der Waals surface area contributed by atoms with Crippen LogP contribution in [0.4, 0.5) is 5.82 Å². The zero-order chi connectivity index (χ0) is 25.4. The highest BCUT2D eigenvalue weighted by molar-refractivity contribution is 5.91. The van der Waals surface area contributed by atoms with Crippen LogP contribution in [0.2, 0.25) is 0 Å². The molecule has 4 heterocycles. The minimum absolute atomic E-state index is 0.0486. The summed E-state index contributed by atoms with van der Waals surface area (Å²) in [6, 6.07) is 1.57. The number of nitrogens with two attached hydrogens (primary N) is 1. The van der Waals surface area contributed by atoms with E-state index in [1.807, 2.05) is 0 Å². The second-order valence-electron chi connectivity index (χ2n) is 8.50. The Kier molecular flexibility index (Phi) is 6.27. The van der Waals surface area contributed by atoms with Crippen LogP contribution < -0.4 is 11.1 Å². The van der Waals surface area contributed by atoms with Crippen LogP contribution in [0.15, 0.2) is 23.1 Å². The van der Waals surface area contributed by atoms with E-state index in [0.717, 1.165) is 19.3 Å². The molecule has 1 saturated carbocycles. The number of carbonyl (C=O) groups excluding carboxylic acids is 2. The predicted molar refractivity (Wildman–Crippen MR) is 122 cm³/mol. The third kappa shape index (κ3) is 4.13. The van der Waals surface area contributed by atoms with Crippen molar-refractivity contribution in [3.63, 3.8) is 0 Å². The first kappa shape index (κ1) is 23.7. The summed E-state index contributed by atoms with van der Waals surface area (Å²) < 4.78 is 12.0. The first-order valence-corrected chi connectivity index (χ1v) is 11.3. The van der Waals surface area contributed by atoms with Crippen molar-refractivity contribution in [1.29, 1.82) is 0 Å². The molecule has 3 aromatic rings. The van der Waals surface area contributed by atoms with Crippen molar-refractivity contribution in [3.05, 3.63) is 30.2 Å². The van der Waals surface area contributed by atoms with E-state index < -0.39 is 30.4 Å². The summed E-state index contributed by atoms with van der Waals surface area (Å²) in [7, 11) is 1.40. The molecule has 2 aliphatic rings. The number of fused-ring (bicyclic) bond motifs is 1. The number of nitrogen functional groups attached to an aromatic ring is 1. The molecule has 2 fully saturated rings. The van der Waals surface area contributed by atoms with Crippen LogP contribution in [0.3, 0.4) is 0 Å². The number of aromatic nitrogens is 5. The van der Waals surface area contributed by atoms with Gasteiger partial charge in [0.2, 0.25) is 11.6 Å². The van der Waals surface area contributed by atoms with Gasteiger partial charge in [0, 0.05) is 19.2 Å². The fourth-order valence-corrected chi connectivity index (χ4v) is 4.17. The first-order chi connectivity index (χ1) is 17.4. The van der Waals surface area contributed by atoms with Crippen molar-refractivity contribution in [3.8, 4) is 11.8 Å². The van der Waals surface area contributed by atoms with Crippen LogP contribution >= 0.6 is 0 Å². The molecule has 2 amide bonds. The maximum atomic E-state index is 12.8. The number of rotatable bonds is 5. The van der Waals surface area contributed by atoms with Crippen LogP contribution in [-0.2, 0) is 9.53 Å². The smallest absolute Gasteiger partial charge is 0.293 e. The van der Waals surface area contributed by atoms with Crippen molar-refractivity contribution in [2.75, 3.05) is 19.3 Å². The third-order valence-electron chi connectivity index (χ3n) is 6.34. The number of likely N-dealkylation sites (N-methyl/N-ethyl adjacent to an activating group) is 1. The Labute approximate surface area is 204 Å². The largest absolute Gasteiger partial charge is 0.387 e. The fourth-order valence-electron chi connectivity index (χ4n) is 4.17. The van der Waals surface area contributed by atoms with Crippen molar-refractivity contribution in [2.45, 2.75) is 49.8 Å². The molecule has 0 bridgehead atoms. The van der Waals surface area contributed by atoms with Crippen LogP contribution in [0, 0.1) is 11.8 Å². The molecule has 3 aromatic heterocycles. The number of amides is 2. The molecule has 4 atom stereocenters. The van der Waals surface area contributed by atoms with Gasteiger partial charge in [0.1, 0.15) is 17.7 Å². The third-order valence-corrected chi connectivity index (χ3v) is 6.34. The number of nitrogens with one attached hydrogen (secondary N) is 1. The highest BCUT2D eigenvalue weighted by Crippen LogP contribution is 2.32. The summed E-state index contributed by atoms with van der Waals surface area (Å²) >= 11 is 0. The number of hydrogen-bond acceptors (Lipinski definition) is 11. The molecule has 1 saturated heterocycles. The Hall–Kier alpha value is -4.06. The fraction of sp³-hybridized carbons (Fsp3) is 0.455. The maximum absolute atomic E-state index is 12.8. The van der Waals surface area contributed by atoms with Crippen LogP contribution in [0.5, 0.6) is 0 Å². The highest BCUT2D eigenvalue weighted by atomic mass is 16.6. The van der Waals surface area contributed by atoms with Gasteiger partial charge in [-0.05, 0) is 25.2 Å². The van der Waals surface area contributed by atoms with Crippen LogP contribution in [0.1, 0.15) is 41.9 Å². The highest BCUT2D eigenvalue weighted by Gasteiger charge is 2.47. The topological polar surface area (TPSA) is 195 Å². The van der Waals surface area contributed by atoms with Crippen LogP contribution in [-0.4, -0.2) is 89.5 Å². The number of nitrogens with zero attached hydrogens (tertiary/aromatic N) is 6. The SMILES string of the molecule is CNC(=O)C1OC(n2cnc3c(N)nc(C#CCN(C(=O)c4ccno4)C4CCC4)nc32)[C@H](O)[C@@H]1O. The molecule has 2 unspecified atom stereocenters. The second kappa shape index (κ2) is 9.53. The molecule has 0 aromatic carbocycles. The normalized spacial score (nSPS) is 23.6. The Morgan fingerprint density at radius 1 is 1.31 bits per heavy atom. The van der Waals surface area contributed by atoms with E-state index in [1.165, 1.54) is 30.2 Å². The maximum Gasteiger partial charge on any atom is 0.293 e. The van der Waals surface area contributed by atoms with E-state index >= 15 is 0 Å². The van der Waals surface area contributed by atoms with Crippen molar-refractivity contribution < 1.29 is 29.1 Å². The number of aliphatic hydroxyl groups excluding tert-OH is 2. The van der Waals surface area contributed by atoms with Gasteiger partial charge < -0.3 is 35.4 Å². The summed E-state index contributed by atoms with van der Waals surface area (Å²) in [5.41, 5.74) is 6.50. The first-order valence-electron chi connectivity index (χ1n) is 11.3. The van der Waals surface area contributed by atoms with E-state index in [2.05, 4.69) is 37.3 Å². The van der Waals surface area contributed by atoms with E-state index in [4.69, 9.17) is 15.0 Å². The average Bonchev–Trinajstić information content (AvgIpc) is 3.57. The Bertz CT molecular complexity index is 1340. The lowest BCUT2D eigenvalue weighted by Gasteiger charge is -2.35. The van der Waals surface area contributed by atoms with Gasteiger partial charge in [-0.1, -0.05) is 11.1 Å². The molecule has 5 N–H and O–H groups in total. The number of hydrogen-bond donors (Lipinski definition) is 4. The Morgan fingerprint density at radius 3 is 2.78 bits per heavy atom. The number of carbonyl (C=O) groups is 2. The van der Waals surface area contributed by atoms with Gasteiger partial charge >= 0.3 is 0 Å². The zero-order valence-electron chi connectivity index (χ0n) is 19.2. The lowest BCUT2D eigenvalue weighted by atomic mass is 9.91. The van der Waals surface area contributed by atoms with E-state index in [1.54, 1.807) is 4.90 Å². The van der Waals surface area contributed by atoms with Gasteiger partial charge in [0.15, 0.2) is 23.8 Å². The minimum Gasteiger partial charge on any atom is -0.387 e. The van der Waals surface area contributed by atoms with Gasteiger partial charge in [-0.15, -0.1) is 0 Å². The summed E-state index contributed by atoms with van der Waals surface area (Å²) in [4.78, 5) is 39.2. The zero-order valence-corrected chi connectivity index (χ0v) is 19.2. The molecule has 1 aliphatic carbocycles. The molecule has 1 aliphatic heterocycles.